The number of amides is 2. The molecular formula is C16H17NO4. The summed E-state index contributed by atoms with van der Waals surface area (Å²) in [6, 6.07) is 8.73. The fourth-order valence-corrected chi connectivity index (χ4v) is 3.48. The highest BCUT2D eigenvalue weighted by atomic mass is 16.4. The number of nitrogens with zero attached hydrogens (tertiary/aromatic N) is 1. The van der Waals surface area contributed by atoms with Crippen molar-refractivity contribution in [1.29, 1.82) is 0 Å². The van der Waals surface area contributed by atoms with Gasteiger partial charge in [0.15, 0.2) is 0 Å². The van der Waals surface area contributed by atoms with Crippen molar-refractivity contribution in [2.75, 3.05) is 0 Å². The topological polar surface area (TPSA) is 74.7 Å². The molecule has 5 heteroatoms. The highest BCUT2D eigenvalue weighted by molar-refractivity contribution is 6.06. The third-order valence-corrected chi connectivity index (χ3v) is 4.51. The summed E-state index contributed by atoms with van der Waals surface area (Å²) in [4.78, 5) is 37.3. The zero-order valence-corrected chi connectivity index (χ0v) is 11.6. The van der Waals surface area contributed by atoms with Gasteiger partial charge in [-0.1, -0.05) is 36.8 Å². The van der Waals surface area contributed by atoms with Gasteiger partial charge in [-0.25, -0.2) is 0 Å². The summed E-state index contributed by atoms with van der Waals surface area (Å²) in [6.07, 6.45) is 2.02. The Morgan fingerprint density at radius 2 is 1.86 bits per heavy atom. The molecule has 2 aliphatic rings. The lowest BCUT2D eigenvalue weighted by molar-refractivity contribution is -0.148. The van der Waals surface area contributed by atoms with Crippen LogP contribution in [0.2, 0.25) is 0 Å². The smallest absolute Gasteiger partial charge is 0.308 e. The van der Waals surface area contributed by atoms with Gasteiger partial charge in [0, 0.05) is 6.42 Å². The monoisotopic (exact) mass is 287 g/mol. The second kappa shape index (κ2) is 5.31. The number of carboxylic acids is 1. The Morgan fingerprint density at radius 1 is 1.14 bits per heavy atom. The molecule has 2 fully saturated rings. The van der Waals surface area contributed by atoms with Crippen molar-refractivity contribution in [2.45, 2.75) is 37.6 Å². The first-order valence-corrected chi connectivity index (χ1v) is 7.23. The minimum absolute atomic E-state index is 0.145. The van der Waals surface area contributed by atoms with Crippen LogP contribution < -0.4 is 0 Å². The minimum atomic E-state index is -0.915. The van der Waals surface area contributed by atoms with Gasteiger partial charge in [0.05, 0.1) is 17.9 Å². The van der Waals surface area contributed by atoms with E-state index in [1.807, 2.05) is 30.3 Å². The molecular weight excluding hydrogens is 270 g/mol. The Labute approximate surface area is 122 Å². The fraction of sp³-hybridized carbons (Fsp3) is 0.438. The van der Waals surface area contributed by atoms with Crippen molar-refractivity contribution in [3.8, 4) is 0 Å². The van der Waals surface area contributed by atoms with Crippen LogP contribution in [-0.4, -0.2) is 33.8 Å². The number of hydrogen-bond acceptors (Lipinski definition) is 3. The average molecular weight is 287 g/mol. The lowest BCUT2D eigenvalue weighted by Gasteiger charge is -2.26. The zero-order valence-electron chi connectivity index (χ0n) is 11.6. The molecule has 21 heavy (non-hydrogen) atoms. The molecule has 0 bridgehead atoms. The molecule has 0 aromatic heterocycles. The number of carboxylic acid groups (broad SMARTS) is 1. The predicted molar refractivity (Wildman–Crippen MR) is 74.4 cm³/mol. The van der Waals surface area contributed by atoms with Crippen LogP contribution in [0, 0.1) is 5.92 Å². The number of likely N-dealkylation sites (tertiary alicyclic amines) is 1. The maximum Gasteiger partial charge on any atom is 0.308 e. The largest absolute Gasteiger partial charge is 0.481 e. The molecule has 1 aromatic rings. The van der Waals surface area contributed by atoms with Crippen LogP contribution in [0.3, 0.4) is 0 Å². The molecule has 5 nitrogen and oxygen atoms in total. The quantitative estimate of drug-likeness (QED) is 0.860. The van der Waals surface area contributed by atoms with Gasteiger partial charge in [-0.15, -0.1) is 0 Å². The van der Waals surface area contributed by atoms with Gasteiger partial charge in [-0.3, -0.25) is 19.3 Å². The van der Waals surface area contributed by atoms with Crippen molar-refractivity contribution in [1.82, 2.24) is 4.90 Å². The standard InChI is InChI=1S/C16H17NO4/c18-14-9-12(10-5-2-1-3-6-10)15(19)17(14)13-8-4-7-11(13)16(20)21/h1-3,5-6,11-13H,4,7-9H2,(H,20,21). The second-order valence-corrected chi connectivity index (χ2v) is 5.71. The molecule has 1 saturated carbocycles. The van der Waals surface area contributed by atoms with Crippen LogP contribution in [0.1, 0.15) is 37.2 Å². The van der Waals surface area contributed by atoms with E-state index in [2.05, 4.69) is 0 Å². The predicted octanol–water partition coefficient (Wildman–Crippen LogP) is 1.78. The summed E-state index contributed by atoms with van der Waals surface area (Å²) in [5, 5.41) is 9.25. The van der Waals surface area contributed by atoms with E-state index in [-0.39, 0.29) is 18.2 Å². The van der Waals surface area contributed by atoms with Crippen LogP contribution >= 0.6 is 0 Å². The second-order valence-electron chi connectivity index (χ2n) is 5.71. The lowest BCUT2D eigenvalue weighted by atomic mass is 9.97. The van der Waals surface area contributed by atoms with Crippen LogP contribution in [-0.2, 0) is 14.4 Å². The molecule has 1 aromatic carbocycles. The van der Waals surface area contributed by atoms with Crippen LogP contribution in [0.5, 0.6) is 0 Å². The third kappa shape index (κ3) is 2.33. The normalized spacial score (nSPS) is 29.1. The van der Waals surface area contributed by atoms with Crippen molar-refractivity contribution >= 4 is 17.8 Å². The van der Waals surface area contributed by atoms with Gasteiger partial charge in [0.1, 0.15) is 0 Å². The Balaban J connectivity index is 1.86. The lowest BCUT2D eigenvalue weighted by Crippen LogP contribution is -2.44. The molecule has 110 valence electrons. The highest BCUT2D eigenvalue weighted by Crippen LogP contribution is 2.37. The van der Waals surface area contributed by atoms with Gasteiger partial charge >= 0.3 is 5.97 Å². The van der Waals surface area contributed by atoms with E-state index < -0.39 is 23.8 Å². The maximum absolute atomic E-state index is 12.6. The molecule has 3 rings (SSSR count). The number of imide groups is 1. The van der Waals surface area contributed by atoms with Crippen LogP contribution in [0.25, 0.3) is 0 Å². The first-order valence-electron chi connectivity index (χ1n) is 7.23. The van der Waals surface area contributed by atoms with E-state index in [9.17, 15) is 19.5 Å². The van der Waals surface area contributed by atoms with Gasteiger partial charge in [0.25, 0.3) is 0 Å². The zero-order chi connectivity index (χ0) is 15.0. The van der Waals surface area contributed by atoms with E-state index in [1.54, 1.807) is 0 Å². The first-order chi connectivity index (χ1) is 10.1. The summed E-state index contributed by atoms with van der Waals surface area (Å²) in [6.45, 7) is 0. The van der Waals surface area contributed by atoms with E-state index >= 15 is 0 Å². The summed E-state index contributed by atoms with van der Waals surface area (Å²) < 4.78 is 0. The molecule has 0 radical (unpaired) electrons. The summed E-state index contributed by atoms with van der Waals surface area (Å²) in [5.74, 6) is -2.49. The summed E-state index contributed by atoms with van der Waals surface area (Å²) in [7, 11) is 0. The van der Waals surface area contributed by atoms with Crippen molar-refractivity contribution in [3.05, 3.63) is 35.9 Å². The number of aliphatic carboxylic acids is 1. The molecule has 2 amide bonds. The van der Waals surface area contributed by atoms with E-state index in [0.717, 1.165) is 12.0 Å². The minimum Gasteiger partial charge on any atom is -0.481 e. The number of rotatable bonds is 3. The van der Waals surface area contributed by atoms with Crippen molar-refractivity contribution < 1.29 is 19.5 Å². The molecule has 3 atom stereocenters. The van der Waals surface area contributed by atoms with Crippen LogP contribution in [0.4, 0.5) is 0 Å². The van der Waals surface area contributed by atoms with Crippen LogP contribution in [0.15, 0.2) is 30.3 Å². The van der Waals surface area contributed by atoms with E-state index in [4.69, 9.17) is 0 Å². The Kier molecular flexibility index (Phi) is 3.49. The maximum atomic E-state index is 12.6. The van der Waals surface area contributed by atoms with Gasteiger partial charge in [-0.2, -0.15) is 0 Å². The fourth-order valence-electron chi connectivity index (χ4n) is 3.48. The summed E-state index contributed by atoms with van der Waals surface area (Å²) in [5.41, 5.74) is 0.822. The number of benzene rings is 1. The Bertz CT molecular complexity index is 583. The van der Waals surface area contributed by atoms with Crippen molar-refractivity contribution in [3.63, 3.8) is 0 Å². The Hall–Kier alpha value is -2.17. The molecule has 1 aliphatic carbocycles. The molecule has 1 N–H and O–H groups in total. The number of carbonyl (C=O) groups is 3. The molecule has 0 spiro atoms. The number of carbonyl (C=O) groups excluding carboxylic acids is 2. The van der Waals surface area contributed by atoms with Crippen molar-refractivity contribution in [2.24, 2.45) is 5.92 Å². The molecule has 1 saturated heterocycles. The molecule has 1 heterocycles. The van der Waals surface area contributed by atoms with E-state index in [1.165, 1.54) is 4.90 Å². The molecule has 3 unspecified atom stereocenters. The third-order valence-electron chi connectivity index (χ3n) is 4.51. The Morgan fingerprint density at radius 3 is 2.52 bits per heavy atom. The molecule has 1 aliphatic heterocycles. The van der Waals surface area contributed by atoms with Gasteiger partial charge in [-0.05, 0) is 18.4 Å². The first kappa shape index (κ1) is 13.8. The SMILES string of the molecule is O=C(O)C1CCCC1N1C(=O)CC(c2ccccc2)C1=O. The number of hydrogen-bond donors (Lipinski definition) is 1. The highest BCUT2D eigenvalue weighted by Gasteiger charge is 2.48. The van der Waals surface area contributed by atoms with Gasteiger partial charge in [0.2, 0.25) is 11.8 Å². The average Bonchev–Trinajstić information content (AvgIpc) is 3.04. The summed E-state index contributed by atoms with van der Waals surface area (Å²) >= 11 is 0. The van der Waals surface area contributed by atoms with Gasteiger partial charge < -0.3 is 5.11 Å². The van der Waals surface area contributed by atoms with E-state index in [0.29, 0.717) is 12.8 Å².